The zero-order valence-corrected chi connectivity index (χ0v) is 12.3. The van der Waals surface area contributed by atoms with E-state index in [1.807, 2.05) is 6.07 Å². The Morgan fingerprint density at radius 2 is 2.00 bits per heavy atom. The molecule has 0 saturated carbocycles. The van der Waals surface area contributed by atoms with E-state index in [1.165, 1.54) is 6.08 Å². The van der Waals surface area contributed by atoms with Gasteiger partial charge in [-0.1, -0.05) is 18.2 Å². The summed E-state index contributed by atoms with van der Waals surface area (Å²) in [5, 5.41) is 20.1. The summed E-state index contributed by atoms with van der Waals surface area (Å²) in [5.41, 5.74) is 1.08. The van der Waals surface area contributed by atoms with Crippen molar-refractivity contribution in [2.45, 2.75) is 32.9 Å². The molecule has 0 bridgehead atoms. The van der Waals surface area contributed by atoms with Gasteiger partial charge in [-0.25, -0.2) is 4.79 Å². The van der Waals surface area contributed by atoms with Crippen molar-refractivity contribution < 1.29 is 9.53 Å². The Morgan fingerprint density at radius 1 is 1.33 bits per heavy atom. The summed E-state index contributed by atoms with van der Waals surface area (Å²) in [6.45, 7) is 5.70. The molecule has 5 nitrogen and oxygen atoms in total. The average molecular weight is 283 g/mol. The molecule has 0 aliphatic heterocycles. The second-order valence-corrected chi connectivity index (χ2v) is 5.38. The lowest BCUT2D eigenvalue weighted by Gasteiger charge is -2.19. The molecule has 1 aromatic rings. The van der Waals surface area contributed by atoms with Gasteiger partial charge in [-0.3, -0.25) is 0 Å². The van der Waals surface area contributed by atoms with Gasteiger partial charge in [0.25, 0.3) is 0 Å². The minimum absolute atomic E-state index is 0.0345. The van der Waals surface area contributed by atoms with Gasteiger partial charge in [0.1, 0.15) is 23.3 Å². The molecule has 108 valence electrons. The van der Waals surface area contributed by atoms with Crippen molar-refractivity contribution in [1.82, 2.24) is 5.32 Å². The largest absolute Gasteiger partial charge is 0.444 e. The number of hydrogen-bond donors (Lipinski definition) is 1. The lowest BCUT2D eigenvalue weighted by molar-refractivity contribution is 0.0523. The summed E-state index contributed by atoms with van der Waals surface area (Å²) in [6.07, 6.45) is 1.01. The van der Waals surface area contributed by atoms with Gasteiger partial charge in [-0.05, 0) is 44.0 Å². The van der Waals surface area contributed by atoms with E-state index in [0.717, 1.165) is 11.1 Å². The maximum absolute atomic E-state index is 11.6. The number of hydrogen-bond acceptors (Lipinski definition) is 4. The molecule has 0 aliphatic carbocycles. The first-order chi connectivity index (χ1) is 9.84. The van der Waals surface area contributed by atoms with Crippen LogP contribution in [0.15, 0.2) is 29.8 Å². The highest BCUT2D eigenvalue weighted by molar-refractivity contribution is 5.68. The summed E-state index contributed by atoms with van der Waals surface area (Å²) < 4.78 is 5.14. The summed E-state index contributed by atoms with van der Waals surface area (Å²) in [5.74, 6) is 0. The van der Waals surface area contributed by atoms with Gasteiger partial charge < -0.3 is 10.1 Å². The van der Waals surface area contributed by atoms with Crippen LogP contribution in [0.5, 0.6) is 0 Å². The minimum atomic E-state index is -0.539. The first-order valence-corrected chi connectivity index (χ1v) is 6.42. The minimum Gasteiger partial charge on any atom is -0.444 e. The summed E-state index contributed by atoms with van der Waals surface area (Å²) in [7, 11) is 0. The monoisotopic (exact) mass is 283 g/mol. The topological polar surface area (TPSA) is 85.9 Å². The Balaban J connectivity index is 2.71. The normalized spacial score (nSPS) is 9.95. The molecule has 0 heterocycles. The highest BCUT2D eigenvalue weighted by Gasteiger charge is 2.15. The number of amides is 1. The molecule has 0 fully saturated rings. The number of nitrogens with one attached hydrogen (secondary N) is 1. The second-order valence-electron chi connectivity index (χ2n) is 5.38. The molecule has 1 N–H and O–H groups in total. The van der Waals surface area contributed by atoms with E-state index in [-0.39, 0.29) is 5.57 Å². The van der Waals surface area contributed by atoms with E-state index in [0.29, 0.717) is 6.54 Å². The van der Waals surface area contributed by atoms with Gasteiger partial charge in [0.05, 0.1) is 0 Å². The molecule has 0 aliphatic rings. The van der Waals surface area contributed by atoms with E-state index in [4.69, 9.17) is 15.3 Å². The number of allylic oxidation sites excluding steroid dienone is 1. The maximum Gasteiger partial charge on any atom is 0.407 e. The highest BCUT2D eigenvalue weighted by Crippen LogP contribution is 2.10. The SMILES string of the molecule is CC(C)(C)OC(=O)NCc1cccc(C=C(C#N)C#N)c1. The average Bonchev–Trinajstić information content (AvgIpc) is 2.41. The van der Waals surface area contributed by atoms with Crippen LogP contribution in [-0.2, 0) is 11.3 Å². The Labute approximate surface area is 124 Å². The van der Waals surface area contributed by atoms with Crippen molar-refractivity contribution in [3.8, 4) is 12.1 Å². The van der Waals surface area contributed by atoms with Gasteiger partial charge in [0, 0.05) is 6.54 Å². The van der Waals surface area contributed by atoms with Crippen molar-refractivity contribution in [2.75, 3.05) is 0 Å². The third-order valence-corrected chi connectivity index (χ3v) is 2.34. The lowest BCUT2D eigenvalue weighted by Crippen LogP contribution is -2.32. The molecule has 0 unspecified atom stereocenters. The zero-order chi connectivity index (χ0) is 15.9. The number of alkyl carbamates (subject to hydrolysis) is 1. The fourth-order valence-corrected chi connectivity index (χ4v) is 1.54. The highest BCUT2D eigenvalue weighted by atomic mass is 16.6. The van der Waals surface area contributed by atoms with Crippen LogP contribution >= 0.6 is 0 Å². The van der Waals surface area contributed by atoms with Crippen molar-refractivity contribution in [2.24, 2.45) is 0 Å². The molecule has 0 spiro atoms. The Morgan fingerprint density at radius 3 is 2.57 bits per heavy atom. The molecule has 1 aromatic carbocycles. The number of nitrogens with zero attached hydrogens (tertiary/aromatic N) is 2. The molecule has 1 amide bonds. The van der Waals surface area contributed by atoms with Crippen LogP contribution in [0, 0.1) is 22.7 Å². The van der Waals surface area contributed by atoms with Gasteiger partial charge >= 0.3 is 6.09 Å². The quantitative estimate of drug-likeness (QED) is 0.863. The second kappa shape index (κ2) is 7.12. The number of carbonyl (C=O) groups is 1. The fraction of sp³-hybridized carbons (Fsp3) is 0.312. The number of nitriles is 2. The summed E-state index contributed by atoms with van der Waals surface area (Å²) in [4.78, 5) is 11.6. The number of rotatable bonds is 3. The smallest absolute Gasteiger partial charge is 0.407 e. The van der Waals surface area contributed by atoms with Gasteiger partial charge in [0.2, 0.25) is 0 Å². The van der Waals surface area contributed by atoms with Gasteiger partial charge in [-0.15, -0.1) is 0 Å². The van der Waals surface area contributed by atoms with Gasteiger partial charge in [-0.2, -0.15) is 10.5 Å². The molecule has 0 atom stereocenters. The summed E-state index contributed by atoms with van der Waals surface area (Å²) in [6, 6.07) is 10.8. The first-order valence-electron chi connectivity index (χ1n) is 6.42. The van der Waals surface area contributed by atoms with Crippen LogP contribution in [0.1, 0.15) is 31.9 Å². The Bertz CT molecular complexity index is 612. The molecule has 0 aromatic heterocycles. The molecule has 5 heteroatoms. The number of carbonyl (C=O) groups excluding carboxylic acids is 1. The summed E-state index contributed by atoms with van der Waals surface area (Å²) >= 11 is 0. The van der Waals surface area contributed by atoms with Crippen molar-refractivity contribution in [3.63, 3.8) is 0 Å². The zero-order valence-electron chi connectivity index (χ0n) is 12.3. The number of ether oxygens (including phenoxy) is 1. The third kappa shape index (κ3) is 6.26. The lowest BCUT2D eigenvalue weighted by atomic mass is 10.1. The van der Waals surface area contributed by atoms with Crippen molar-refractivity contribution in [1.29, 1.82) is 10.5 Å². The van der Waals surface area contributed by atoms with E-state index < -0.39 is 11.7 Å². The van der Waals surface area contributed by atoms with Crippen LogP contribution < -0.4 is 5.32 Å². The first kappa shape index (κ1) is 16.3. The van der Waals surface area contributed by atoms with E-state index >= 15 is 0 Å². The van der Waals surface area contributed by atoms with Crippen LogP contribution in [0.4, 0.5) is 4.79 Å². The van der Waals surface area contributed by atoms with Crippen molar-refractivity contribution in [3.05, 3.63) is 41.0 Å². The third-order valence-electron chi connectivity index (χ3n) is 2.34. The van der Waals surface area contributed by atoms with E-state index in [1.54, 1.807) is 51.1 Å². The Hall–Kier alpha value is -2.79. The van der Waals surface area contributed by atoms with Crippen LogP contribution in [0.2, 0.25) is 0 Å². The molecular formula is C16H17N3O2. The predicted molar refractivity (Wildman–Crippen MR) is 78.7 cm³/mol. The Kier molecular flexibility index (Phi) is 5.51. The molecule has 21 heavy (non-hydrogen) atoms. The van der Waals surface area contributed by atoms with E-state index in [9.17, 15) is 4.79 Å². The molecule has 1 rings (SSSR count). The van der Waals surface area contributed by atoms with Crippen LogP contribution in [0.25, 0.3) is 6.08 Å². The van der Waals surface area contributed by atoms with Crippen LogP contribution in [0.3, 0.4) is 0 Å². The maximum atomic E-state index is 11.6. The van der Waals surface area contributed by atoms with Gasteiger partial charge in [0.15, 0.2) is 0 Å². The fourth-order valence-electron chi connectivity index (χ4n) is 1.54. The standard InChI is InChI=1S/C16H17N3O2/c1-16(2,3)21-15(20)19-11-13-6-4-5-12(7-13)8-14(9-17)10-18/h4-8H,11H2,1-3H3,(H,19,20). The molecular weight excluding hydrogens is 266 g/mol. The van der Waals surface area contributed by atoms with Crippen LogP contribution in [-0.4, -0.2) is 11.7 Å². The van der Waals surface area contributed by atoms with E-state index in [2.05, 4.69) is 5.32 Å². The predicted octanol–water partition coefficient (Wildman–Crippen LogP) is 3.14. The molecule has 0 radical (unpaired) electrons. The number of benzene rings is 1. The van der Waals surface area contributed by atoms with Crippen molar-refractivity contribution >= 4 is 12.2 Å². The molecule has 0 saturated heterocycles.